The smallest absolute Gasteiger partial charge is 0.229 e. The summed E-state index contributed by atoms with van der Waals surface area (Å²) < 4.78 is 10.6. The molecule has 1 amide bonds. The van der Waals surface area contributed by atoms with E-state index in [4.69, 9.17) is 27.4 Å². The van der Waals surface area contributed by atoms with Gasteiger partial charge in [-0.1, -0.05) is 18.3 Å². The SMILES string of the molecule is COc1cccc(C(N)=S)c1NC(=O)C1CCCOC1. The molecule has 1 saturated heterocycles. The standard InChI is InChI=1S/C14H18N2O3S/c1-18-11-6-2-5-10(13(15)20)12(11)16-14(17)9-4-3-7-19-8-9/h2,5-6,9H,3-4,7-8H2,1H3,(H2,15,20)(H,16,17). The van der Waals surface area contributed by atoms with Crippen molar-refractivity contribution in [2.75, 3.05) is 25.6 Å². The molecule has 1 aliphatic rings. The predicted octanol–water partition coefficient (Wildman–Crippen LogP) is 1.69. The molecule has 1 aromatic carbocycles. The number of carbonyl (C=O) groups excluding carboxylic acids is 1. The van der Waals surface area contributed by atoms with Gasteiger partial charge in [-0.05, 0) is 25.0 Å². The highest BCUT2D eigenvalue weighted by Crippen LogP contribution is 2.29. The van der Waals surface area contributed by atoms with Crippen molar-refractivity contribution in [2.45, 2.75) is 12.8 Å². The molecule has 1 aliphatic heterocycles. The van der Waals surface area contributed by atoms with Gasteiger partial charge in [-0.2, -0.15) is 0 Å². The van der Waals surface area contributed by atoms with E-state index in [-0.39, 0.29) is 16.8 Å². The Morgan fingerprint density at radius 1 is 1.55 bits per heavy atom. The van der Waals surface area contributed by atoms with Crippen LogP contribution in [0, 0.1) is 5.92 Å². The van der Waals surface area contributed by atoms with E-state index in [0.29, 0.717) is 23.6 Å². The summed E-state index contributed by atoms with van der Waals surface area (Å²) in [5.74, 6) is 0.305. The molecule has 0 radical (unpaired) electrons. The van der Waals surface area contributed by atoms with Gasteiger partial charge >= 0.3 is 0 Å². The van der Waals surface area contributed by atoms with Crippen molar-refractivity contribution in [3.63, 3.8) is 0 Å². The molecule has 0 saturated carbocycles. The van der Waals surface area contributed by atoms with Crippen LogP contribution in [0.1, 0.15) is 18.4 Å². The maximum absolute atomic E-state index is 12.3. The summed E-state index contributed by atoms with van der Waals surface area (Å²) in [4.78, 5) is 12.5. The van der Waals surface area contributed by atoms with E-state index >= 15 is 0 Å². The molecule has 6 heteroatoms. The molecule has 0 aromatic heterocycles. The van der Waals surface area contributed by atoms with Crippen molar-refractivity contribution < 1.29 is 14.3 Å². The highest BCUT2D eigenvalue weighted by molar-refractivity contribution is 7.80. The molecule has 20 heavy (non-hydrogen) atoms. The highest BCUT2D eigenvalue weighted by Gasteiger charge is 2.24. The lowest BCUT2D eigenvalue weighted by Crippen LogP contribution is -2.31. The third-order valence-electron chi connectivity index (χ3n) is 3.29. The number of carbonyl (C=O) groups is 1. The molecule has 108 valence electrons. The Hall–Kier alpha value is -1.66. The second-order valence-electron chi connectivity index (χ2n) is 4.65. The number of thiocarbonyl (C=S) groups is 1. The summed E-state index contributed by atoms with van der Waals surface area (Å²) in [5.41, 5.74) is 6.82. The monoisotopic (exact) mass is 294 g/mol. The average Bonchev–Trinajstić information content (AvgIpc) is 2.48. The van der Waals surface area contributed by atoms with Crippen molar-refractivity contribution in [2.24, 2.45) is 11.7 Å². The van der Waals surface area contributed by atoms with Gasteiger partial charge in [0.05, 0.1) is 25.3 Å². The fourth-order valence-electron chi connectivity index (χ4n) is 2.21. The fraction of sp³-hybridized carbons (Fsp3) is 0.429. The molecule has 0 bridgehead atoms. The number of nitrogens with one attached hydrogen (secondary N) is 1. The van der Waals surface area contributed by atoms with Crippen molar-refractivity contribution in [1.82, 2.24) is 0 Å². The average molecular weight is 294 g/mol. The Morgan fingerprint density at radius 3 is 2.95 bits per heavy atom. The van der Waals surface area contributed by atoms with Gasteiger partial charge in [0.15, 0.2) is 0 Å². The van der Waals surface area contributed by atoms with E-state index in [9.17, 15) is 4.79 Å². The number of benzene rings is 1. The first-order valence-electron chi connectivity index (χ1n) is 6.49. The molecule has 0 spiro atoms. The van der Waals surface area contributed by atoms with Crippen molar-refractivity contribution >= 4 is 28.8 Å². The maximum atomic E-state index is 12.3. The first kappa shape index (κ1) is 14.7. The Balaban J connectivity index is 2.22. The Morgan fingerprint density at radius 2 is 2.35 bits per heavy atom. The van der Waals surface area contributed by atoms with Crippen LogP contribution < -0.4 is 15.8 Å². The lowest BCUT2D eigenvalue weighted by Gasteiger charge is -2.22. The predicted molar refractivity (Wildman–Crippen MR) is 81.1 cm³/mol. The number of amides is 1. The molecule has 2 rings (SSSR count). The number of anilines is 1. The van der Waals surface area contributed by atoms with Crippen LogP contribution in [-0.2, 0) is 9.53 Å². The summed E-state index contributed by atoms with van der Waals surface area (Å²) in [5, 5.41) is 2.87. The number of rotatable bonds is 4. The summed E-state index contributed by atoms with van der Waals surface area (Å²) in [6.07, 6.45) is 1.72. The summed E-state index contributed by atoms with van der Waals surface area (Å²) in [6.45, 7) is 1.17. The van der Waals surface area contributed by atoms with E-state index < -0.39 is 0 Å². The molecular weight excluding hydrogens is 276 g/mol. The number of hydrogen-bond donors (Lipinski definition) is 2. The Labute approximate surface area is 123 Å². The van der Waals surface area contributed by atoms with Gasteiger partial charge in [0.25, 0.3) is 0 Å². The molecule has 1 atom stereocenters. The van der Waals surface area contributed by atoms with Crippen LogP contribution in [0.5, 0.6) is 5.75 Å². The third kappa shape index (κ3) is 3.26. The van der Waals surface area contributed by atoms with Crippen molar-refractivity contribution in [3.05, 3.63) is 23.8 Å². The molecular formula is C14H18N2O3S. The molecule has 3 N–H and O–H groups in total. The van der Waals surface area contributed by atoms with E-state index in [1.165, 1.54) is 7.11 Å². The van der Waals surface area contributed by atoms with Crippen LogP contribution in [0.3, 0.4) is 0 Å². The second kappa shape index (κ2) is 6.67. The normalized spacial score (nSPS) is 18.4. The Bertz CT molecular complexity index is 513. The third-order valence-corrected chi connectivity index (χ3v) is 3.51. The minimum absolute atomic E-state index is 0.0910. The van der Waals surface area contributed by atoms with Crippen molar-refractivity contribution in [3.8, 4) is 5.75 Å². The number of methoxy groups -OCH3 is 1. The highest BCUT2D eigenvalue weighted by atomic mass is 32.1. The van der Waals surface area contributed by atoms with Gasteiger partial charge in [0.1, 0.15) is 10.7 Å². The van der Waals surface area contributed by atoms with Crippen LogP contribution in [-0.4, -0.2) is 31.2 Å². The lowest BCUT2D eigenvalue weighted by atomic mass is 10.0. The topological polar surface area (TPSA) is 73.6 Å². The van der Waals surface area contributed by atoms with Gasteiger partial charge in [-0.15, -0.1) is 0 Å². The van der Waals surface area contributed by atoms with Crippen LogP contribution in [0.25, 0.3) is 0 Å². The van der Waals surface area contributed by atoms with Crippen LogP contribution >= 0.6 is 12.2 Å². The van der Waals surface area contributed by atoms with Crippen LogP contribution in [0.15, 0.2) is 18.2 Å². The zero-order valence-corrected chi connectivity index (χ0v) is 12.2. The van der Waals surface area contributed by atoms with Gasteiger partial charge in [0, 0.05) is 12.2 Å². The lowest BCUT2D eigenvalue weighted by molar-refractivity contribution is -0.123. The Kier molecular flexibility index (Phi) is 4.92. The second-order valence-corrected chi connectivity index (χ2v) is 5.09. The number of para-hydroxylation sites is 1. The maximum Gasteiger partial charge on any atom is 0.229 e. The quantitative estimate of drug-likeness (QED) is 0.827. The molecule has 1 fully saturated rings. The molecule has 0 aliphatic carbocycles. The molecule has 5 nitrogen and oxygen atoms in total. The largest absolute Gasteiger partial charge is 0.495 e. The van der Waals surface area contributed by atoms with Gasteiger partial charge < -0.3 is 20.5 Å². The van der Waals surface area contributed by atoms with Crippen molar-refractivity contribution in [1.29, 1.82) is 0 Å². The number of ether oxygens (including phenoxy) is 2. The van der Waals surface area contributed by atoms with E-state index in [1.54, 1.807) is 18.2 Å². The molecule has 1 aromatic rings. The molecule has 1 heterocycles. The van der Waals surface area contributed by atoms with Gasteiger partial charge in [-0.25, -0.2) is 0 Å². The van der Waals surface area contributed by atoms with E-state index in [0.717, 1.165) is 19.4 Å². The van der Waals surface area contributed by atoms with Crippen LogP contribution in [0.2, 0.25) is 0 Å². The van der Waals surface area contributed by atoms with Gasteiger partial charge in [-0.3, -0.25) is 4.79 Å². The summed E-state index contributed by atoms with van der Waals surface area (Å²) in [6, 6.07) is 5.30. The zero-order valence-electron chi connectivity index (χ0n) is 11.3. The minimum Gasteiger partial charge on any atom is -0.495 e. The number of nitrogens with two attached hydrogens (primary N) is 1. The first-order chi connectivity index (χ1) is 9.63. The van der Waals surface area contributed by atoms with Gasteiger partial charge in [0.2, 0.25) is 5.91 Å². The zero-order chi connectivity index (χ0) is 14.5. The molecule has 1 unspecified atom stereocenters. The summed E-state index contributed by atoms with van der Waals surface area (Å²) in [7, 11) is 1.54. The summed E-state index contributed by atoms with van der Waals surface area (Å²) >= 11 is 5.01. The first-order valence-corrected chi connectivity index (χ1v) is 6.89. The van der Waals surface area contributed by atoms with E-state index in [2.05, 4.69) is 5.32 Å². The van der Waals surface area contributed by atoms with E-state index in [1.807, 2.05) is 0 Å². The number of hydrogen-bond acceptors (Lipinski definition) is 4. The minimum atomic E-state index is -0.146. The fourth-order valence-corrected chi connectivity index (χ4v) is 2.38. The van der Waals surface area contributed by atoms with Crippen LogP contribution in [0.4, 0.5) is 5.69 Å².